The highest BCUT2D eigenvalue weighted by Crippen LogP contribution is 2.24. The van der Waals surface area contributed by atoms with Crippen molar-refractivity contribution in [2.24, 2.45) is 0 Å². The lowest BCUT2D eigenvalue weighted by molar-refractivity contribution is -0.325. The third kappa shape index (κ3) is 3.81. The minimum absolute atomic E-state index is 0.468. The highest BCUT2D eigenvalue weighted by atomic mass is 16.7. The topological polar surface area (TPSA) is 190 Å². The quantitative estimate of drug-likeness (QED) is 0.243. The van der Waals surface area contributed by atoms with Crippen LogP contribution in [-0.4, -0.2) is 115 Å². The Labute approximate surface area is 130 Å². The van der Waals surface area contributed by atoms with Gasteiger partial charge in [0, 0.05) is 0 Å². The largest absolute Gasteiger partial charge is 0.394 e. The van der Waals surface area contributed by atoms with E-state index in [0.29, 0.717) is 0 Å². The number of hydrogen-bond acceptors (Lipinski definition) is 11. The summed E-state index contributed by atoms with van der Waals surface area (Å²) in [5.74, 6) is 0. The van der Waals surface area contributed by atoms with Crippen LogP contribution >= 0.6 is 0 Å². The van der Waals surface area contributed by atoms with Crippen molar-refractivity contribution in [1.82, 2.24) is 0 Å². The van der Waals surface area contributed by atoms with Crippen LogP contribution < -0.4 is 0 Å². The van der Waals surface area contributed by atoms with Gasteiger partial charge >= 0.3 is 0 Å². The van der Waals surface area contributed by atoms with Crippen molar-refractivity contribution in [1.29, 1.82) is 0 Å². The van der Waals surface area contributed by atoms with E-state index in [-0.39, 0.29) is 0 Å². The first-order valence-electron chi connectivity index (χ1n) is 7.07. The van der Waals surface area contributed by atoms with E-state index in [1.807, 2.05) is 0 Å². The highest BCUT2D eigenvalue weighted by molar-refractivity contribution is 4.91. The normalized spacial score (nSPS) is 51.7. The van der Waals surface area contributed by atoms with Gasteiger partial charge < -0.3 is 55.1 Å². The van der Waals surface area contributed by atoms with Crippen LogP contribution in [0, 0.1) is 0 Å². The standard InChI is InChI=1S/C12H22O11/c13-1-3-5(14)8(17)10(19)12(23-3)21-2-4-6(15)7(16)9(18)11(20)22-4/h3-20H,1-2H2/t3-,4-,5+,6-,7+,8-,9+,10-,11-,12+/m1/s1. The van der Waals surface area contributed by atoms with Crippen LogP contribution in [0.5, 0.6) is 0 Å². The van der Waals surface area contributed by atoms with Crippen molar-refractivity contribution in [3.05, 3.63) is 0 Å². The van der Waals surface area contributed by atoms with Gasteiger partial charge in [0.15, 0.2) is 12.6 Å². The van der Waals surface area contributed by atoms with E-state index in [1.165, 1.54) is 0 Å². The van der Waals surface area contributed by atoms with E-state index in [9.17, 15) is 35.7 Å². The Hall–Kier alpha value is -0.440. The van der Waals surface area contributed by atoms with Gasteiger partial charge in [-0.3, -0.25) is 0 Å². The minimum atomic E-state index is -1.74. The number of rotatable bonds is 4. The van der Waals surface area contributed by atoms with E-state index < -0.39 is 74.6 Å². The Kier molecular flexibility index (Phi) is 6.27. The number of ether oxygens (including phenoxy) is 3. The van der Waals surface area contributed by atoms with Crippen LogP contribution in [0.3, 0.4) is 0 Å². The zero-order valence-corrected chi connectivity index (χ0v) is 12.0. The lowest BCUT2D eigenvalue weighted by atomic mass is 9.98. The molecule has 0 radical (unpaired) electrons. The van der Waals surface area contributed by atoms with E-state index in [4.69, 9.17) is 19.3 Å². The molecule has 2 fully saturated rings. The SMILES string of the molecule is OC[C@H]1O[C@H](OC[C@H]2O[C@@H](O)[C@@H](O)[C@@H](O)[C@@H]2O)[C@H](O)[C@H](O)[C@H]1O. The molecule has 11 heteroatoms. The molecule has 23 heavy (non-hydrogen) atoms. The van der Waals surface area contributed by atoms with Gasteiger partial charge in [-0.2, -0.15) is 0 Å². The van der Waals surface area contributed by atoms with Gasteiger partial charge in [0.1, 0.15) is 48.8 Å². The summed E-state index contributed by atoms with van der Waals surface area (Å²) in [6.45, 7) is -1.10. The first kappa shape index (κ1) is 18.9. The van der Waals surface area contributed by atoms with Crippen LogP contribution in [0.25, 0.3) is 0 Å². The molecule has 0 saturated carbocycles. The molecule has 2 aliphatic heterocycles. The maximum absolute atomic E-state index is 9.78. The summed E-state index contributed by atoms with van der Waals surface area (Å²) in [4.78, 5) is 0. The molecule has 11 nitrogen and oxygen atoms in total. The molecule has 8 N–H and O–H groups in total. The Balaban J connectivity index is 1.94. The summed E-state index contributed by atoms with van der Waals surface area (Å²) in [6, 6.07) is 0. The van der Waals surface area contributed by atoms with Gasteiger partial charge in [-0.25, -0.2) is 0 Å². The van der Waals surface area contributed by atoms with Gasteiger partial charge in [0.25, 0.3) is 0 Å². The van der Waals surface area contributed by atoms with Gasteiger partial charge in [-0.15, -0.1) is 0 Å². The summed E-state index contributed by atoms with van der Waals surface area (Å²) >= 11 is 0. The molecule has 0 bridgehead atoms. The predicted molar refractivity (Wildman–Crippen MR) is 68.6 cm³/mol. The first-order chi connectivity index (χ1) is 10.8. The zero-order chi connectivity index (χ0) is 17.3. The van der Waals surface area contributed by atoms with Crippen LogP contribution in [0.1, 0.15) is 0 Å². The molecular weight excluding hydrogens is 320 g/mol. The van der Waals surface area contributed by atoms with E-state index in [0.717, 1.165) is 0 Å². The smallest absolute Gasteiger partial charge is 0.186 e. The Morgan fingerprint density at radius 1 is 0.652 bits per heavy atom. The molecule has 2 heterocycles. The molecule has 0 amide bonds. The molecule has 0 aliphatic carbocycles. The molecule has 2 rings (SSSR count). The van der Waals surface area contributed by atoms with Crippen molar-refractivity contribution >= 4 is 0 Å². The lowest BCUT2D eigenvalue weighted by Crippen LogP contribution is -2.61. The number of aliphatic hydroxyl groups excluding tert-OH is 8. The molecule has 0 spiro atoms. The molecule has 0 aromatic rings. The third-order valence-corrected chi connectivity index (χ3v) is 3.96. The molecule has 10 atom stereocenters. The van der Waals surface area contributed by atoms with Crippen molar-refractivity contribution in [2.75, 3.05) is 13.2 Å². The van der Waals surface area contributed by atoms with Crippen molar-refractivity contribution < 1.29 is 55.1 Å². The summed E-state index contributed by atoms with van der Waals surface area (Å²) in [5.41, 5.74) is 0. The van der Waals surface area contributed by atoms with E-state index in [1.54, 1.807) is 0 Å². The summed E-state index contributed by atoms with van der Waals surface area (Å²) in [5, 5.41) is 76.1. The fourth-order valence-electron chi connectivity index (χ4n) is 2.46. The Morgan fingerprint density at radius 2 is 1.22 bits per heavy atom. The van der Waals surface area contributed by atoms with Gasteiger partial charge in [-0.05, 0) is 0 Å². The average molecular weight is 342 g/mol. The molecule has 2 aliphatic rings. The maximum atomic E-state index is 9.78. The number of aliphatic hydroxyl groups is 8. The minimum Gasteiger partial charge on any atom is -0.394 e. The monoisotopic (exact) mass is 342 g/mol. The van der Waals surface area contributed by atoms with E-state index >= 15 is 0 Å². The fourth-order valence-corrected chi connectivity index (χ4v) is 2.46. The highest BCUT2D eigenvalue weighted by Gasteiger charge is 2.46. The first-order valence-corrected chi connectivity index (χ1v) is 7.07. The van der Waals surface area contributed by atoms with Gasteiger partial charge in [0.2, 0.25) is 0 Å². The van der Waals surface area contributed by atoms with Crippen LogP contribution in [0.15, 0.2) is 0 Å². The van der Waals surface area contributed by atoms with Gasteiger partial charge in [-0.1, -0.05) is 0 Å². The third-order valence-electron chi connectivity index (χ3n) is 3.96. The molecule has 0 aromatic carbocycles. The molecule has 0 unspecified atom stereocenters. The maximum Gasteiger partial charge on any atom is 0.186 e. The molecule has 136 valence electrons. The zero-order valence-electron chi connectivity index (χ0n) is 12.0. The Bertz CT molecular complexity index is 380. The molecular formula is C12H22O11. The lowest BCUT2D eigenvalue weighted by Gasteiger charge is -2.41. The van der Waals surface area contributed by atoms with Crippen LogP contribution in [-0.2, 0) is 14.2 Å². The van der Waals surface area contributed by atoms with Crippen molar-refractivity contribution in [3.63, 3.8) is 0 Å². The Morgan fingerprint density at radius 3 is 1.83 bits per heavy atom. The number of hydrogen-bond donors (Lipinski definition) is 8. The second-order valence-corrected chi connectivity index (χ2v) is 5.57. The summed E-state index contributed by atoms with van der Waals surface area (Å²) in [6.07, 6.45) is -15.3. The van der Waals surface area contributed by atoms with Crippen LogP contribution in [0.2, 0.25) is 0 Å². The summed E-state index contributed by atoms with van der Waals surface area (Å²) in [7, 11) is 0. The van der Waals surface area contributed by atoms with Crippen molar-refractivity contribution in [3.8, 4) is 0 Å². The predicted octanol–water partition coefficient (Wildman–Crippen LogP) is -5.40. The molecule has 2 saturated heterocycles. The van der Waals surface area contributed by atoms with E-state index in [2.05, 4.69) is 0 Å². The molecule has 0 aromatic heterocycles. The second kappa shape index (κ2) is 7.63. The fraction of sp³-hybridized carbons (Fsp3) is 1.00. The van der Waals surface area contributed by atoms with Crippen molar-refractivity contribution in [2.45, 2.75) is 61.4 Å². The average Bonchev–Trinajstić information content (AvgIpc) is 2.54. The summed E-state index contributed by atoms with van der Waals surface area (Å²) < 4.78 is 15.1. The van der Waals surface area contributed by atoms with Crippen LogP contribution in [0.4, 0.5) is 0 Å². The second-order valence-electron chi connectivity index (χ2n) is 5.57. The van der Waals surface area contributed by atoms with Gasteiger partial charge in [0.05, 0.1) is 13.2 Å².